The van der Waals surface area contributed by atoms with Crippen molar-refractivity contribution in [3.63, 3.8) is 0 Å². The molecule has 1 aromatic carbocycles. The third-order valence-electron chi connectivity index (χ3n) is 5.91. The Balaban J connectivity index is 1.49. The van der Waals surface area contributed by atoms with Gasteiger partial charge in [0.1, 0.15) is 4.88 Å². The van der Waals surface area contributed by atoms with Crippen molar-refractivity contribution in [3.05, 3.63) is 69.9 Å². The van der Waals surface area contributed by atoms with Gasteiger partial charge < -0.3 is 14.7 Å². The SMILES string of the molecule is COC(=O)c1ccc(C#CCN2C(=O)CCC2C=CC(O)C(C)CCCc2ccccc2)s1. The van der Waals surface area contributed by atoms with Crippen LogP contribution in [0, 0.1) is 17.8 Å². The molecule has 3 rings (SSSR count). The van der Waals surface area contributed by atoms with Gasteiger partial charge >= 0.3 is 5.97 Å². The van der Waals surface area contributed by atoms with Gasteiger partial charge in [0.25, 0.3) is 0 Å². The molecule has 1 amide bonds. The molecule has 174 valence electrons. The van der Waals surface area contributed by atoms with E-state index in [1.54, 1.807) is 17.0 Å². The van der Waals surface area contributed by atoms with E-state index < -0.39 is 6.10 Å². The molecule has 1 aromatic heterocycles. The second-order valence-corrected chi connectivity index (χ2v) is 9.40. The molecule has 5 nitrogen and oxygen atoms in total. The van der Waals surface area contributed by atoms with Crippen LogP contribution < -0.4 is 0 Å². The predicted octanol–water partition coefficient (Wildman–Crippen LogP) is 4.45. The number of aryl methyl sites for hydroxylation is 1. The summed E-state index contributed by atoms with van der Waals surface area (Å²) >= 11 is 1.27. The first-order valence-corrected chi connectivity index (χ1v) is 12.2. The van der Waals surface area contributed by atoms with Gasteiger partial charge in [0, 0.05) is 6.42 Å². The highest BCUT2D eigenvalue weighted by Crippen LogP contribution is 2.21. The molecule has 1 N–H and O–H groups in total. The predicted molar refractivity (Wildman–Crippen MR) is 131 cm³/mol. The summed E-state index contributed by atoms with van der Waals surface area (Å²) in [6.45, 7) is 2.38. The summed E-state index contributed by atoms with van der Waals surface area (Å²) in [6.07, 6.45) is 7.45. The maximum atomic E-state index is 12.3. The summed E-state index contributed by atoms with van der Waals surface area (Å²) in [4.78, 5) is 26.9. The largest absolute Gasteiger partial charge is 0.465 e. The number of ether oxygens (including phenoxy) is 1. The van der Waals surface area contributed by atoms with Crippen molar-refractivity contribution in [1.82, 2.24) is 4.90 Å². The number of amides is 1. The van der Waals surface area contributed by atoms with Gasteiger partial charge in [0.2, 0.25) is 5.91 Å². The van der Waals surface area contributed by atoms with Crippen molar-refractivity contribution in [1.29, 1.82) is 0 Å². The first-order chi connectivity index (χ1) is 16.0. The molecule has 1 aliphatic rings. The van der Waals surface area contributed by atoms with Crippen LogP contribution in [0.3, 0.4) is 0 Å². The average Bonchev–Trinajstić information content (AvgIpc) is 3.44. The van der Waals surface area contributed by atoms with Gasteiger partial charge in [0.15, 0.2) is 0 Å². The second kappa shape index (κ2) is 12.4. The van der Waals surface area contributed by atoms with E-state index in [0.717, 1.165) is 30.6 Å². The summed E-state index contributed by atoms with van der Waals surface area (Å²) < 4.78 is 4.71. The number of likely N-dealkylation sites (tertiary alicyclic amines) is 1. The van der Waals surface area contributed by atoms with E-state index >= 15 is 0 Å². The van der Waals surface area contributed by atoms with E-state index in [-0.39, 0.29) is 23.8 Å². The number of hydrogen-bond acceptors (Lipinski definition) is 5. The highest BCUT2D eigenvalue weighted by molar-refractivity contribution is 7.14. The highest BCUT2D eigenvalue weighted by Gasteiger charge is 2.28. The maximum absolute atomic E-state index is 12.3. The molecule has 2 aromatic rings. The zero-order valence-corrected chi connectivity index (χ0v) is 20.0. The smallest absolute Gasteiger partial charge is 0.348 e. The minimum Gasteiger partial charge on any atom is -0.465 e. The lowest BCUT2D eigenvalue weighted by Gasteiger charge is -2.21. The van der Waals surface area contributed by atoms with Crippen molar-refractivity contribution < 1.29 is 19.4 Å². The fraction of sp³-hybridized carbons (Fsp3) is 0.407. The number of methoxy groups -OCH3 is 1. The van der Waals surface area contributed by atoms with E-state index in [4.69, 9.17) is 4.74 Å². The molecule has 1 saturated heterocycles. The second-order valence-electron chi connectivity index (χ2n) is 8.32. The Labute approximate surface area is 200 Å². The monoisotopic (exact) mass is 465 g/mol. The van der Waals surface area contributed by atoms with Crippen LogP contribution >= 0.6 is 11.3 Å². The molecule has 0 radical (unpaired) electrons. The van der Waals surface area contributed by atoms with Gasteiger partial charge in [-0.2, -0.15) is 0 Å². The van der Waals surface area contributed by atoms with Crippen LogP contribution in [0.4, 0.5) is 0 Å². The van der Waals surface area contributed by atoms with Gasteiger partial charge in [0.05, 0.1) is 30.7 Å². The van der Waals surface area contributed by atoms with E-state index in [1.165, 1.54) is 24.0 Å². The summed E-state index contributed by atoms with van der Waals surface area (Å²) in [5.41, 5.74) is 1.32. The van der Waals surface area contributed by atoms with Crippen LogP contribution in [0.5, 0.6) is 0 Å². The van der Waals surface area contributed by atoms with Crippen LogP contribution in [0.2, 0.25) is 0 Å². The first-order valence-electron chi connectivity index (χ1n) is 11.3. The Morgan fingerprint density at radius 2 is 2.09 bits per heavy atom. The normalized spacial score (nSPS) is 17.6. The van der Waals surface area contributed by atoms with Crippen molar-refractivity contribution in [2.75, 3.05) is 13.7 Å². The molecule has 6 heteroatoms. The van der Waals surface area contributed by atoms with Crippen LogP contribution in [0.1, 0.15) is 52.7 Å². The van der Waals surface area contributed by atoms with E-state index in [9.17, 15) is 14.7 Å². The molecule has 2 heterocycles. The molecule has 1 aliphatic heterocycles. The maximum Gasteiger partial charge on any atom is 0.348 e. The lowest BCUT2D eigenvalue weighted by atomic mass is 9.95. The van der Waals surface area contributed by atoms with Gasteiger partial charge in [-0.05, 0) is 49.3 Å². The van der Waals surface area contributed by atoms with E-state index in [0.29, 0.717) is 17.8 Å². The number of thiophene rings is 1. The fourth-order valence-electron chi connectivity index (χ4n) is 3.86. The van der Waals surface area contributed by atoms with Crippen LogP contribution in [-0.2, 0) is 16.0 Å². The molecule has 1 fully saturated rings. The number of esters is 1. The summed E-state index contributed by atoms with van der Waals surface area (Å²) in [6, 6.07) is 13.8. The van der Waals surface area contributed by atoms with Crippen LogP contribution in [0.25, 0.3) is 0 Å². The third-order valence-corrected chi connectivity index (χ3v) is 6.89. The van der Waals surface area contributed by atoms with Gasteiger partial charge in [-0.15, -0.1) is 11.3 Å². The number of carbonyl (C=O) groups excluding carboxylic acids is 2. The van der Waals surface area contributed by atoms with Crippen molar-refractivity contribution in [2.24, 2.45) is 5.92 Å². The van der Waals surface area contributed by atoms with Crippen molar-refractivity contribution >= 4 is 23.2 Å². The summed E-state index contributed by atoms with van der Waals surface area (Å²) in [5, 5.41) is 10.6. The molecule has 0 spiro atoms. The number of hydrogen-bond donors (Lipinski definition) is 1. The Morgan fingerprint density at radius 1 is 1.30 bits per heavy atom. The number of rotatable bonds is 9. The lowest BCUT2D eigenvalue weighted by molar-refractivity contribution is -0.127. The molecule has 0 saturated carbocycles. The first kappa shape index (κ1) is 24.8. The van der Waals surface area contributed by atoms with E-state index in [2.05, 4.69) is 43.0 Å². The van der Waals surface area contributed by atoms with E-state index in [1.807, 2.05) is 18.2 Å². The number of benzene rings is 1. The average molecular weight is 466 g/mol. The Morgan fingerprint density at radius 3 is 2.85 bits per heavy atom. The Kier molecular flexibility index (Phi) is 9.29. The quantitative estimate of drug-likeness (QED) is 0.337. The molecule has 0 aliphatic carbocycles. The number of carbonyl (C=O) groups is 2. The van der Waals surface area contributed by atoms with Gasteiger partial charge in [-0.1, -0.05) is 61.2 Å². The lowest BCUT2D eigenvalue weighted by Crippen LogP contribution is -2.32. The Bertz CT molecular complexity index is 1020. The zero-order chi connectivity index (χ0) is 23.6. The van der Waals surface area contributed by atoms with Crippen molar-refractivity contribution in [3.8, 4) is 11.8 Å². The third kappa shape index (κ3) is 7.31. The minimum atomic E-state index is -0.535. The molecule has 3 atom stereocenters. The van der Waals surface area contributed by atoms with Gasteiger partial charge in [-0.3, -0.25) is 4.79 Å². The summed E-state index contributed by atoms with van der Waals surface area (Å²) in [5.74, 6) is 5.92. The number of aliphatic hydroxyl groups excluding tert-OH is 1. The minimum absolute atomic E-state index is 0.0491. The highest BCUT2D eigenvalue weighted by atomic mass is 32.1. The fourth-order valence-corrected chi connectivity index (χ4v) is 4.66. The molecule has 3 unspecified atom stereocenters. The van der Waals surface area contributed by atoms with Gasteiger partial charge in [-0.25, -0.2) is 4.79 Å². The molecule has 0 bridgehead atoms. The van der Waals surface area contributed by atoms with Crippen molar-refractivity contribution in [2.45, 2.75) is 51.2 Å². The summed E-state index contributed by atoms with van der Waals surface area (Å²) in [7, 11) is 1.35. The molecule has 33 heavy (non-hydrogen) atoms. The molecular formula is C27H31NO4S. The zero-order valence-electron chi connectivity index (χ0n) is 19.2. The van der Waals surface area contributed by atoms with Crippen LogP contribution in [-0.4, -0.2) is 47.7 Å². The number of aliphatic hydroxyl groups is 1. The topological polar surface area (TPSA) is 66.8 Å². The van der Waals surface area contributed by atoms with Crippen LogP contribution in [0.15, 0.2) is 54.6 Å². The molecular weight excluding hydrogens is 434 g/mol. The standard InChI is InChI=1S/C27H31NO4S/c1-20(8-6-11-21-9-4-3-5-10-21)24(29)16-13-22-14-18-26(30)28(22)19-7-12-23-15-17-25(33-23)27(31)32-2/h3-5,9-10,13,15-17,20,22,24,29H,6,8,11,14,18-19H2,1-2H3. The number of nitrogens with zero attached hydrogens (tertiary/aromatic N) is 1. The Hall–Kier alpha value is -2.88.